The Morgan fingerprint density at radius 3 is 2.00 bits per heavy atom. The Bertz CT molecular complexity index is 807. The first-order valence-corrected chi connectivity index (χ1v) is 7.77. The summed E-state index contributed by atoms with van der Waals surface area (Å²) in [6, 6.07) is 12.4. The first-order chi connectivity index (χ1) is 12.0. The molecule has 130 valence electrons. The van der Waals surface area contributed by atoms with Crippen molar-refractivity contribution in [2.45, 2.75) is 13.8 Å². The number of benzene rings is 2. The van der Waals surface area contributed by atoms with E-state index in [1.807, 2.05) is 0 Å². The SMILES string of the molecule is COc1ccc(/C(=C\Nc2ccc(C(C)=O)cc2)C(C)=O)cc1OC. The van der Waals surface area contributed by atoms with Crippen LogP contribution in [0.15, 0.2) is 48.7 Å². The lowest BCUT2D eigenvalue weighted by molar-refractivity contribution is -0.111. The lowest BCUT2D eigenvalue weighted by Gasteiger charge is -2.11. The predicted molar refractivity (Wildman–Crippen MR) is 98.3 cm³/mol. The number of ether oxygens (including phenoxy) is 2. The van der Waals surface area contributed by atoms with Crippen molar-refractivity contribution in [3.05, 3.63) is 59.8 Å². The zero-order valence-electron chi connectivity index (χ0n) is 14.8. The summed E-state index contributed by atoms with van der Waals surface area (Å²) in [5.74, 6) is 1.08. The van der Waals surface area contributed by atoms with Gasteiger partial charge in [-0.1, -0.05) is 6.07 Å². The highest BCUT2D eigenvalue weighted by molar-refractivity contribution is 6.19. The number of methoxy groups -OCH3 is 2. The molecule has 0 aliphatic heterocycles. The molecule has 0 fully saturated rings. The van der Waals surface area contributed by atoms with Gasteiger partial charge in [0.05, 0.1) is 14.2 Å². The molecule has 0 aromatic heterocycles. The third-order valence-corrected chi connectivity index (χ3v) is 3.75. The van der Waals surface area contributed by atoms with Gasteiger partial charge >= 0.3 is 0 Å². The Morgan fingerprint density at radius 2 is 1.48 bits per heavy atom. The molecule has 2 rings (SSSR count). The molecule has 0 radical (unpaired) electrons. The molecule has 25 heavy (non-hydrogen) atoms. The number of rotatable bonds is 7. The average molecular weight is 339 g/mol. The zero-order valence-corrected chi connectivity index (χ0v) is 14.8. The van der Waals surface area contributed by atoms with Crippen LogP contribution in [-0.2, 0) is 4.79 Å². The van der Waals surface area contributed by atoms with Gasteiger partial charge < -0.3 is 14.8 Å². The van der Waals surface area contributed by atoms with Gasteiger partial charge in [0.15, 0.2) is 23.1 Å². The van der Waals surface area contributed by atoms with E-state index in [1.54, 1.807) is 62.9 Å². The molecule has 0 saturated heterocycles. The van der Waals surface area contributed by atoms with E-state index < -0.39 is 0 Å². The minimum atomic E-state index is -0.0833. The highest BCUT2D eigenvalue weighted by Gasteiger charge is 2.11. The Balaban J connectivity index is 2.30. The fourth-order valence-electron chi connectivity index (χ4n) is 2.35. The van der Waals surface area contributed by atoms with Gasteiger partial charge in [-0.15, -0.1) is 0 Å². The zero-order chi connectivity index (χ0) is 18.4. The van der Waals surface area contributed by atoms with Gasteiger partial charge in [0.25, 0.3) is 0 Å². The van der Waals surface area contributed by atoms with Crippen molar-refractivity contribution < 1.29 is 19.1 Å². The molecule has 2 aromatic rings. The van der Waals surface area contributed by atoms with Gasteiger partial charge in [0, 0.05) is 23.0 Å². The number of hydrogen-bond acceptors (Lipinski definition) is 5. The molecular weight excluding hydrogens is 318 g/mol. The number of carbonyl (C=O) groups is 2. The van der Waals surface area contributed by atoms with Crippen molar-refractivity contribution >= 4 is 22.8 Å². The lowest BCUT2D eigenvalue weighted by atomic mass is 10.0. The van der Waals surface area contributed by atoms with Crippen LogP contribution in [0.25, 0.3) is 5.57 Å². The van der Waals surface area contributed by atoms with Crippen LogP contribution in [0.4, 0.5) is 5.69 Å². The van der Waals surface area contributed by atoms with Crippen molar-refractivity contribution in [2.24, 2.45) is 0 Å². The summed E-state index contributed by atoms with van der Waals surface area (Å²) in [6.07, 6.45) is 1.65. The molecule has 0 spiro atoms. The van der Waals surface area contributed by atoms with Crippen LogP contribution in [-0.4, -0.2) is 25.8 Å². The number of Topliss-reactive ketones (excluding diaryl/α,β-unsaturated/α-hetero) is 2. The monoisotopic (exact) mass is 339 g/mol. The maximum atomic E-state index is 12.0. The van der Waals surface area contributed by atoms with E-state index in [0.717, 1.165) is 11.3 Å². The fraction of sp³-hybridized carbons (Fsp3) is 0.200. The van der Waals surface area contributed by atoms with Crippen LogP contribution in [0.5, 0.6) is 11.5 Å². The van der Waals surface area contributed by atoms with Crippen molar-refractivity contribution in [1.29, 1.82) is 0 Å². The summed E-state index contributed by atoms with van der Waals surface area (Å²) in [6.45, 7) is 3.02. The fourth-order valence-corrected chi connectivity index (χ4v) is 2.35. The quantitative estimate of drug-likeness (QED) is 0.611. The average Bonchev–Trinajstić information content (AvgIpc) is 2.61. The first-order valence-electron chi connectivity index (χ1n) is 7.77. The maximum Gasteiger partial charge on any atom is 0.161 e. The molecule has 5 nitrogen and oxygen atoms in total. The third kappa shape index (κ3) is 4.47. The van der Waals surface area contributed by atoms with Crippen LogP contribution < -0.4 is 14.8 Å². The molecule has 0 aliphatic rings. The molecule has 0 bridgehead atoms. The molecule has 5 heteroatoms. The molecule has 0 atom stereocenters. The van der Waals surface area contributed by atoms with E-state index in [-0.39, 0.29) is 11.6 Å². The Hall–Kier alpha value is -3.08. The lowest BCUT2D eigenvalue weighted by Crippen LogP contribution is -2.01. The second-order valence-corrected chi connectivity index (χ2v) is 5.46. The van der Waals surface area contributed by atoms with Gasteiger partial charge in [-0.05, 0) is 55.8 Å². The summed E-state index contributed by atoms with van der Waals surface area (Å²) in [5, 5.41) is 3.09. The summed E-state index contributed by atoms with van der Waals surface area (Å²) >= 11 is 0. The van der Waals surface area contributed by atoms with Gasteiger partial charge in [0.1, 0.15) is 0 Å². The van der Waals surface area contributed by atoms with Gasteiger partial charge in [-0.3, -0.25) is 9.59 Å². The van der Waals surface area contributed by atoms with Gasteiger partial charge in [-0.25, -0.2) is 0 Å². The molecule has 1 N–H and O–H groups in total. The standard InChI is InChI=1S/C20H21NO4/c1-13(22)15-5-8-17(9-6-15)21-12-18(14(2)23)16-7-10-19(24-3)20(11-16)25-4/h5-12,21H,1-4H3/b18-12-. The molecule has 2 aromatic carbocycles. The molecule has 0 aliphatic carbocycles. The van der Waals surface area contributed by atoms with E-state index in [0.29, 0.717) is 22.6 Å². The van der Waals surface area contributed by atoms with Crippen LogP contribution in [0.1, 0.15) is 29.8 Å². The van der Waals surface area contributed by atoms with Crippen LogP contribution in [0.2, 0.25) is 0 Å². The van der Waals surface area contributed by atoms with E-state index in [4.69, 9.17) is 9.47 Å². The Labute approximate surface area is 147 Å². The molecule has 0 amide bonds. The van der Waals surface area contributed by atoms with Crippen molar-refractivity contribution in [1.82, 2.24) is 0 Å². The van der Waals surface area contributed by atoms with Crippen LogP contribution in [0, 0.1) is 0 Å². The molecule has 0 heterocycles. The number of nitrogens with one attached hydrogen (secondary N) is 1. The highest BCUT2D eigenvalue weighted by atomic mass is 16.5. The predicted octanol–water partition coefficient (Wildman–Crippen LogP) is 3.95. The summed E-state index contributed by atoms with van der Waals surface area (Å²) in [7, 11) is 3.11. The van der Waals surface area contributed by atoms with E-state index in [1.165, 1.54) is 13.8 Å². The van der Waals surface area contributed by atoms with E-state index in [9.17, 15) is 9.59 Å². The van der Waals surface area contributed by atoms with Crippen molar-refractivity contribution in [3.63, 3.8) is 0 Å². The second kappa shape index (κ2) is 8.15. The number of anilines is 1. The normalized spacial score (nSPS) is 11.0. The molecule has 0 saturated carbocycles. The maximum absolute atomic E-state index is 12.0. The van der Waals surface area contributed by atoms with Crippen LogP contribution >= 0.6 is 0 Å². The second-order valence-electron chi connectivity index (χ2n) is 5.46. The number of carbonyl (C=O) groups excluding carboxylic acids is 2. The highest BCUT2D eigenvalue weighted by Crippen LogP contribution is 2.30. The number of hydrogen-bond donors (Lipinski definition) is 1. The minimum absolute atomic E-state index is 0.0110. The summed E-state index contributed by atoms with van der Waals surface area (Å²) in [4.78, 5) is 23.3. The van der Waals surface area contributed by atoms with E-state index >= 15 is 0 Å². The summed E-state index contributed by atoms with van der Waals surface area (Å²) < 4.78 is 10.5. The molecule has 0 unspecified atom stereocenters. The first kappa shape index (κ1) is 18.3. The Kier molecular flexibility index (Phi) is 5.95. The van der Waals surface area contributed by atoms with Crippen LogP contribution in [0.3, 0.4) is 0 Å². The third-order valence-electron chi connectivity index (χ3n) is 3.75. The largest absolute Gasteiger partial charge is 0.493 e. The van der Waals surface area contributed by atoms with Crippen molar-refractivity contribution in [2.75, 3.05) is 19.5 Å². The smallest absolute Gasteiger partial charge is 0.161 e. The van der Waals surface area contributed by atoms with Crippen molar-refractivity contribution in [3.8, 4) is 11.5 Å². The molecular formula is C20H21NO4. The van der Waals surface area contributed by atoms with Gasteiger partial charge in [0.2, 0.25) is 0 Å². The number of ketones is 2. The minimum Gasteiger partial charge on any atom is -0.493 e. The topological polar surface area (TPSA) is 64.6 Å². The number of allylic oxidation sites excluding steroid dienone is 1. The van der Waals surface area contributed by atoms with Gasteiger partial charge in [-0.2, -0.15) is 0 Å². The summed E-state index contributed by atoms with van der Waals surface area (Å²) in [5.41, 5.74) is 2.65. The van der Waals surface area contributed by atoms with E-state index in [2.05, 4.69) is 5.32 Å². The Morgan fingerprint density at radius 1 is 0.880 bits per heavy atom.